The summed E-state index contributed by atoms with van der Waals surface area (Å²) in [6.07, 6.45) is 0.672. The van der Waals surface area contributed by atoms with Gasteiger partial charge in [0, 0.05) is 12.3 Å². The summed E-state index contributed by atoms with van der Waals surface area (Å²) in [4.78, 5) is 14.1. The van der Waals surface area contributed by atoms with Gasteiger partial charge in [-0.25, -0.2) is 9.78 Å². The van der Waals surface area contributed by atoms with Gasteiger partial charge in [0.05, 0.1) is 0 Å². The van der Waals surface area contributed by atoms with Crippen molar-refractivity contribution in [3.05, 3.63) is 22.9 Å². The third-order valence-electron chi connectivity index (χ3n) is 0.916. The Hall–Kier alpha value is -1.10. The summed E-state index contributed by atoms with van der Waals surface area (Å²) in [6, 6.07) is 3.08. The summed E-state index contributed by atoms with van der Waals surface area (Å²) in [6.45, 7) is 0. The Morgan fingerprint density at radius 2 is 2.45 bits per heavy atom. The molecule has 2 N–H and O–H groups in total. The normalized spacial score (nSPS) is 9.18. The standard InChI is InChI=1S/C6H5BrN2O2/c7-5-3-4(1-2-9-5)11-6(8)10/h1-3H,(H2,8,10). The number of pyridine rings is 1. The highest BCUT2D eigenvalue weighted by atomic mass is 79.9. The highest BCUT2D eigenvalue weighted by molar-refractivity contribution is 9.10. The minimum absolute atomic E-state index is 0.374. The summed E-state index contributed by atoms with van der Waals surface area (Å²) < 4.78 is 5.16. The zero-order chi connectivity index (χ0) is 8.27. The van der Waals surface area contributed by atoms with Gasteiger partial charge in [-0.3, -0.25) is 0 Å². The number of ether oxygens (including phenoxy) is 1. The van der Waals surface area contributed by atoms with Gasteiger partial charge in [0.1, 0.15) is 10.4 Å². The molecule has 0 aromatic carbocycles. The van der Waals surface area contributed by atoms with Gasteiger partial charge in [-0.2, -0.15) is 0 Å². The lowest BCUT2D eigenvalue weighted by molar-refractivity contribution is 0.211. The van der Waals surface area contributed by atoms with E-state index < -0.39 is 6.09 Å². The van der Waals surface area contributed by atoms with Crippen molar-refractivity contribution in [2.24, 2.45) is 5.73 Å². The van der Waals surface area contributed by atoms with Gasteiger partial charge in [-0.05, 0) is 22.0 Å². The molecule has 1 heterocycles. The van der Waals surface area contributed by atoms with E-state index in [9.17, 15) is 4.79 Å². The van der Waals surface area contributed by atoms with Crippen molar-refractivity contribution in [3.8, 4) is 5.75 Å². The number of hydrogen-bond donors (Lipinski definition) is 1. The van der Waals surface area contributed by atoms with Gasteiger partial charge < -0.3 is 10.5 Å². The van der Waals surface area contributed by atoms with Crippen molar-refractivity contribution in [3.63, 3.8) is 0 Å². The molecule has 0 unspecified atom stereocenters. The third kappa shape index (κ3) is 2.55. The topological polar surface area (TPSA) is 65.2 Å². The fraction of sp³-hybridized carbons (Fsp3) is 0. The molecule has 0 saturated carbocycles. The van der Waals surface area contributed by atoms with Crippen LogP contribution in [0, 0.1) is 0 Å². The first-order valence-corrected chi connectivity index (χ1v) is 3.56. The number of primary amides is 1. The van der Waals surface area contributed by atoms with E-state index >= 15 is 0 Å². The van der Waals surface area contributed by atoms with E-state index in [0.717, 1.165) is 0 Å². The predicted octanol–water partition coefficient (Wildman–Crippen LogP) is 1.30. The van der Waals surface area contributed by atoms with Crippen molar-refractivity contribution in [2.45, 2.75) is 0 Å². The van der Waals surface area contributed by atoms with E-state index in [-0.39, 0.29) is 0 Å². The molecule has 0 aliphatic carbocycles. The van der Waals surface area contributed by atoms with Crippen molar-refractivity contribution in [1.29, 1.82) is 0 Å². The number of nitrogens with zero attached hydrogens (tertiary/aromatic N) is 1. The lowest BCUT2D eigenvalue weighted by Gasteiger charge is -1.98. The second-order valence-electron chi connectivity index (χ2n) is 1.74. The zero-order valence-corrected chi connectivity index (χ0v) is 7.04. The van der Waals surface area contributed by atoms with Gasteiger partial charge >= 0.3 is 6.09 Å². The van der Waals surface area contributed by atoms with E-state index in [2.05, 4.69) is 25.7 Å². The molecule has 0 aliphatic rings. The highest BCUT2D eigenvalue weighted by Gasteiger charge is 1.97. The molecule has 1 rings (SSSR count). The second-order valence-corrected chi connectivity index (χ2v) is 2.55. The summed E-state index contributed by atoms with van der Waals surface area (Å²) >= 11 is 3.11. The van der Waals surface area contributed by atoms with E-state index in [1.54, 1.807) is 6.07 Å². The van der Waals surface area contributed by atoms with Crippen molar-refractivity contribution in [2.75, 3.05) is 0 Å². The summed E-state index contributed by atoms with van der Waals surface area (Å²) in [5.74, 6) is 0.374. The van der Waals surface area contributed by atoms with Crippen LogP contribution in [0.1, 0.15) is 0 Å². The summed E-state index contributed by atoms with van der Waals surface area (Å²) in [7, 11) is 0. The van der Waals surface area contributed by atoms with Crippen LogP contribution in [0.4, 0.5) is 4.79 Å². The van der Waals surface area contributed by atoms with Crippen LogP contribution in [-0.2, 0) is 0 Å². The van der Waals surface area contributed by atoms with Crippen LogP contribution in [0.5, 0.6) is 5.75 Å². The average Bonchev–Trinajstić information content (AvgIpc) is 1.85. The lowest BCUT2D eigenvalue weighted by atomic mass is 10.5. The molecule has 0 fully saturated rings. The molecule has 1 amide bonds. The number of amides is 1. The molecular formula is C6H5BrN2O2. The molecule has 58 valence electrons. The van der Waals surface area contributed by atoms with Crippen molar-refractivity contribution in [1.82, 2.24) is 4.98 Å². The Labute approximate surface area is 71.5 Å². The quantitative estimate of drug-likeness (QED) is 0.721. The maximum absolute atomic E-state index is 10.2. The fourth-order valence-electron chi connectivity index (χ4n) is 0.564. The molecule has 0 spiro atoms. The molecule has 0 aliphatic heterocycles. The number of carbonyl (C=O) groups excluding carboxylic acids is 1. The lowest BCUT2D eigenvalue weighted by Crippen LogP contribution is -2.16. The van der Waals surface area contributed by atoms with Crippen LogP contribution in [0.3, 0.4) is 0 Å². The molecule has 4 nitrogen and oxygen atoms in total. The summed E-state index contributed by atoms with van der Waals surface area (Å²) in [5.41, 5.74) is 4.78. The molecule has 0 atom stereocenters. The van der Waals surface area contributed by atoms with Crippen LogP contribution in [0.2, 0.25) is 0 Å². The number of nitrogens with two attached hydrogens (primary N) is 1. The molecule has 1 aromatic heterocycles. The number of halogens is 1. The van der Waals surface area contributed by atoms with Crippen molar-refractivity contribution >= 4 is 22.0 Å². The van der Waals surface area contributed by atoms with Crippen LogP contribution < -0.4 is 10.5 Å². The molecule has 11 heavy (non-hydrogen) atoms. The second kappa shape index (κ2) is 3.34. The molecule has 0 bridgehead atoms. The van der Waals surface area contributed by atoms with E-state index in [0.29, 0.717) is 10.4 Å². The Morgan fingerprint density at radius 1 is 1.73 bits per heavy atom. The third-order valence-corrected chi connectivity index (χ3v) is 1.35. The van der Waals surface area contributed by atoms with Crippen LogP contribution in [0.15, 0.2) is 22.9 Å². The number of aromatic nitrogens is 1. The fourth-order valence-corrected chi connectivity index (χ4v) is 0.908. The first-order valence-electron chi connectivity index (χ1n) is 2.77. The minimum Gasteiger partial charge on any atom is -0.410 e. The SMILES string of the molecule is NC(=O)Oc1ccnc(Br)c1. The Morgan fingerprint density at radius 3 is 3.00 bits per heavy atom. The first-order chi connectivity index (χ1) is 5.18. The Bertz CT molecular complexity index is 277. The van der Waals surface area contributed by atoms with Gasteiger partial charge in [-0.1, -0.05) is 0 Å². The minimum atomic E-state index is -0.830. The molecule has 1 aromatic rings. The van der Waals surface area contributed by atoms with Crippen LogP contribution >= 0.6 is 15.9 Å². The monoisotopic (exact) mass is 216 g/mol. The van der Waals surface area contributed by atoms with E-state index in [4.69, 9.17) is 5.73 Å². The molecule has 5 heteroatoms. The number of rotatable bonds is 1. The molecule has 0 radical (unpaired) electrons. The smallest absolute Gasteiger partial charge is 0.409 e. The van der Waals surface area contributed by atoms with Crippen LogP contribution in [0.25, 0.3) is 0 Å². The highest BCUT2D eigenvalue weighted by Crippen LogP contribution is 2.14. The largest absolute Gasteiger partial charge is 0.410 e. The zero-order valence-electron chi connectivity index (χ0n) is 5.45. The van der Waals surface area contributed by atoms with Gasteiger partial charge in [0.15, 0.2) is 0 Å². The molecule has 0 saturated heterocycles. The Balaban J connectivity index is 2.79. The van der Waals surface area contributed by atoms with Gasteiger partial charge in [0.2, 0.25) is 0 Å². The maximum atomic E-state index is 10.2. The first kappa shape index (κ1) is 8.00. The number of hydrogen-bond acceptors (Lipinski definition) is 3. The average molecular weight is 217 g/mol. The van der Waals surface area contributed by atoms with E-state index in [1.807, 2.05) is 0 Å². The van der Waals surface area contributed by atoms with Crippen LogP contribution in [-0.4, -0.2) is 11.1 Å². The molecular weight excluding hydrogens is 212 g/mol. The van der Waals surface area contributed by atoms with Crippen molar-refractivity contribution < 1.29 is 9.53 Å². The number of carbonyl (C=O) groups is 1. The van der Waals surface area contributed by atoms with Gasteiger partial charge in [0.25, 0.3) is 0 Å². The maximum Gasteiger partial charge on any atom is 0.409 e. The van der Waals surface area contributed by atoms with E-state index in [1.165, 1.54) is 12.3 Å². The Kier molecular flexibility index (Phi) is 2.43. The summed E-state index contributed by atoms with van der Waals surface area (Å²) in [5, 5.41) is 0. The predicted molar refractivity (Wildman–Crippen MR) is 42.1 cm³/mol. The van der Waals surface area contributed by atoms with Gasteiger partial charge in [-0.15, -0.1) is 0 Å².